The normalized spacial score (nSPS) is 21.4. The highest BCUT2D eigenvalue weighted by atomic mass is 32.1. The van der Waals surface area contributed by atoms with E-state index >= 15 is 0 Å². The fourth-order valence-corrected chi connectivity index (χ4v) is 3.42. The number of amides is 1. The van der Waals surface area contributed by atoms with Crippen LogP contribution in [0.4, 0.5) is 5.13 Å². The van der Waals surface area contributed by atoms with E-state index in [1.807, 2.05) is 0 Å². The van der Waals surface area contributed by atoms with Crippen LogP contribution in [-0.2, 0) is 9.53 Å². The smallest absolute Gasteiger partial charge is 0.307 e. The molecule has 1 N–H and O–H groups in total. The third-order valence-electron chi connectivity index (χ3n) is 3.89. The summed E-state index contributed by atoms with van der Waals surface area (Å²) in [7, 11) is 1.38. The molecule has 1 saturated carbocycles. The van der Waals surface area contributed by atoms with Crippen molar-refractivity contribution in [1.29, 1.82) is 0 Å². The Morgan fingerprint density at radius 3 is 3.00 bits per heavy atom. The van der Waals surface area contributed by atoms with E-state index in [-0.39, 0.29) is 24.3 Å². The molecule has 7 heteroatoms. The van der Waals surface area contributed by atoms with Crippen LogP contribution in [0.25, 0.3) is 0 Å². The fraction of sp³-hybridized carbons (Fsp3) is 0.643. The standard InChI is InChI=1S/C14H19N3O3S/c1-20-12(18)7-10-3-2-6-17(10)13(19)11-8-15-14(21-11)16-9-4-5-9/h8-10H,2-7H2,1H3,(H,15,16). The largest absolute Gasteiger partial charge is 0.469 e. The molecule has 2 fully saturated rings. The molecule has 3 rings (SSSR count). The van der Waals surface area contributed by atoms with E-state index in [2.05, 4.69) is 10.3 Å². The number of anilines is 1. The van der Waals surface area contributed by atoms with Crippen LogP contribution in [0.2, 0.25) is 0 Å². The first-order chi connectivity index (χ1) is 10.2. The topological polar surface area (TPSA) is 71.5 Å². The number of thiazole rings is 1. The van der Waals surface area contributed by atoms with Crippen LogP contribution in [0.5, 0.6) is 0 Å². The lowest BCUT2D eigenvalue weighted by Crippen LogP contribution is -2.36. The number of methoxy groups -OCH3 is 1. The van der Waals surface area contributed by atoms with Gasteiger partial charge in [0.2, 0.25) is 0 Å². The zero-order valence-corrected chi connectivity index (χ0v) is 12.8. The van der Waals surface area contributed by atoms with Gasteiger partial charge < -0.3 is 15.0 Å². The average molecular weight is 309 g/mol. The van der Waals surface area contributed by atoms with Crippen LogP contribution in [0.3, 0.4) is 0 Å². The summed E-state index contributed by atoms with van der Waals surface area (Å²) < 4.78 is 4.70. The van der Waals surface area contributed by atoms with Crippen molar-refractivity contribution in [2.75, 3.05) is 19.0 Å². The lowest BCUT2D eigenvalue weighted by Gasteiger charge is -2.23. The van der Waals surface area contributed by atoms with Gasteiger partial charge in [0.15, 0.2) is 5.13 Å². The molecule has 114 valence electrons. The minimum Gasteiger partial charge on any atom is -0.469 e. The molecule has 6 nitrogen and oxygen atoms in total. The van der Waals surface area contributed by atoms with Gasteiger partial charge in [-0.05, 0) is 25.7 Å². The molecule has 1 aromatic heterocycles. The second kappa shape index (κ2) is 6.01. The van der Waals surface area contributed by atoms with Crippen molar-refractivity contribution in [3.05, 3.63) is 11.1 Å². The number of hydrogen-bond donors (Lipinski definition) is 1. The number of rotatable bonds is 5. The molecule has 0 bridgehead atoms. The highest BCUT2D eigenvalue weighted by Crippen LogP contribution is 2.29. The molecule has 0 aromatic carbocycles. The van der Waals surface area contributed by atoms with Gasteiger partial charge in [-0.2, -0.15) is 0 Å². The van der Waals surface area contributed by atoms with Crippen molar-refractivity contribution in [3.63, 3.8) is 0 Å². The van der Waals surface area contributed by atoms with E-state index in [0.29, 0.717) is 17.5 Å². The first-order valence-electron chi connectivity index (χ1n) is 7.27. The number of esters is 1. The molecule has 1 atom stereocenters. The van der Waals surface area contributed by atoms with E-state index in [9.17, 15) is 9.59 Å². The lowest BCUT2D eigenvalue weighted by atomic mass is 10.1. The van der Waals surface area contributed by atoms with Crippen LogP contribution in [0.15, 0.2) is 6.20 Å². The van der Waals surface area contributed by atoms with E-state index in [4.69, 9.17) is 4.74 Å². The summed E-state index contributed by atoms with van der Waals surface area (Å²) >= 11 is 1.39. The van der Waals surface area contributed by atoms with Gasteiger partial charge >= 0.3 is 5.97 Å². The van der Waals surface area contributed by atoms with Crippen LogP contribution < -0.4 is 5.32 Å². The van der Waals surface area contributed by atoms with Crippen LogP contribution in [0.1, 0.15) is 41.8 Å². The van der Waals surface area contributed by atoms with E-state index in [1.54, 1.807) is 11.1 Å². The van der Waals surface area contributed by atoms with Gasteiger partial charge in [-0.1, -0.05) is 11.3 Å². The minimum atomic E-state index is -0.264. The average Bonchev–Trinajstić information content (AvgIpc) is 2.99. The Morgan fingerprint density at radius 1 is 1.48 bits per heavy atom. The van der Waals surface area contributed by atoms with E-state index in [0.717, 1.165) is 18.0 Å². The Balaban J connectivity index is 1.65. The maximum absolute atomic E-state index is 12.6. The molecule has 2 aliphatic rings. The third-order valence-corrected chi connectivity index (χ3v) is 4.81. The van der Waals surface area contributed by atoms with Crippen molar-refractivity contribution in [2.24, 2.45) is 0 Å². The molecule has 1 amide bonds. The molecular weight excluding hydrogens is 290 g/mol. The van der Waals surface area contributed by atoms with Crippen LogP contribution in [0, 0.1) is 0 Å². The number of carbonyl (C=O) groups is 2. The Kier molecular flexibility index (Phi) is 4.10. The summed E-state index contributed by atoms with van der Waals surface area (Å²) in [5, 5.41) is 4.11. The van der Waals surface area contributed by atoms with Crippen molar-refractivity contribution < 1.29 is 14.3 Å². The highest BCUT2D eigenvalue weighted by molar-refractivity contribution is 7.17. The van der Waals surface area contributed by atoms with Crippen molar-refractivity contribution >= 4 is 28.3 Å². The first-order valence-corrected chi connectivity index (χ1v) is 8.09. The summed E-state index contributed by atoms with van der Waals surface area (Å²) in [6, 6.07) is 0.477. The summed E-state index contributed by atoms with van der Waals surface area (Å²) in [5.74, 6) is -0.289. The van der Waals surface area contributed by atoms with Gasteiger partial charge in [0.25, 0.3) is 5.91 Å². The Labute approximate surface area is 127 Å². The second-order valence-electron chi connectivity index (χ2n) is 5.52. The number of nitrogens with one attached hydrogen (secondary N) is 1. The minimum absolute atomic E-state index is 0.0252. The van der Waals surface area contributed by atoms with Gasteiger partial charge in [0.05, 0.1) is 19.7 Å². The Bertz CT molecular complexity index is 541. The second-order valence-corrected chi connectivity index (χ2v) is 6.55. The molecule has 0 spiro atoms. The monoisotopic (exact) mass is 309 g/mol. The number of hydrogen-bond acceptors (Lipinski definition) is 6. The summed E-state index contributed by atoms with van der Waals surface area (Å²) in [6.07, 6.45) is 6.04. The Morgan fingerprint density at radius 2 is 2.29 bits per heavy atom. The van der Waals surface area contributed by atoms with Gasteiger partial charge in [-0.25, -0.2) is 4.98 Å². The SMILES string of the molecule is COC(=O)CC1CCCN1C(=O)c1cnc(NC2CC2)s1. The quantitative estimate of drug-likeness (QED) is 0.841. The fourth-order valence-electron chi connectivity index (χ4n) is 2.57. The number of ether oxygens (including phenoxy) is 1. The van der Waals surface area contributed by atoms with Crippen LogP contribution in [-0.4, -0.2) is 47.5 Å². The highest BCUT2D eigenvalue weighted by Gasteiger charge is 2.32. The third kappa shape index (κ3) is 3.34. The molecule has 1 saturated heterocycles. The van der Waals surface area contributed by atoms with Crippen molar-refractivity contribution in [1.82, 2.24) is 9.88 Å². The maximum Gasteiger partial charge on any atom is 0.307 e. The number of carbonyl (C=O) groups excluding carboxylic acids is 2. The molecule has 1 aromatic rings. The number of likely N-dealkylation sites (tertiary alicyclic amines) is 1. The van der Waals surface area contributed by atoms with E-state index < -0.39 is 0 Å². The Hall–Kier alpha value is -1.63. The first kappa shape index (κ1) is 14.3. The zero-order valence-electron chi connectivity index (χ0n) is 12.0. The molecule has 1 aliphatic heterocycles. The summed E-state index contributed by atoms with van der Waals surface area (Å²) in [5.41, 5.74) is 0. The maximum atomic E-state index is 12.6. The summed E-state index contributed by atoms with van der Waals surface area (Å²) in [4.78, 5) is 30.7. The molecule has 0 radical (unpaired) electrons. The van der Waals surface area contributed by atoms with Gasteiger partial charge in [0, 0.05) is 18.6 Å². The van der Waals surface area contributed by atoms with E-state index in [1.165, 1.54) is 31.3 Å². The summed E-state index contributed by atoms with van der Waals surface area (Å²) in [6.45, 7) is 0.698. The van der Waals surface area contributed by atoms with Gasteiger partial charge in [0.1, 0.15) is 4.88 Å². The van der Waals surface area contributed by atoms with Crippen molar-refractivity contribution in [2.45, 2.75) is 44.2 Å². The molecule has 1 aliphatic carbocycles. The lowest BCUT2D eigenvalue weighted by molar-refractivity contribution is -0.141. The molecular formula is C14H19N3O3S. The zero-order chi connectivity index (χ0) is 14.8. The molecule has 21 heavy (non-hydrogen) atoms. The molecule has 2 heterocycles. The van der Waals surface area contributed by atoms with Crippen molar-refractivity contribution in [3.8, 4) is 0 Å². The number of aromatic nitrogens is 1. The predicted molar refractivity (Wildman–Crippen MR) is 79.5 cm³/mol. The molecule has 1 unspecified atom stereocenters. The van der Waals surface area contributed by atoms with Gasteiger partial charge in [-0.3, -0.25) is 9.59 Å². The number of nitrogens with zero attached hydrogens (tertiary/aromatic N) is 2. The van der Waals surface area contributed by atoms with Gasteiger partial charge in [-0.15, -0.1) is 0 Å². The predicted octanol–water partition coefficient (Wildman–Crippen LogP) is 1.89. The van der Waals surface area contributed by atoms with Crippen LogP contribution >= 0.6 is 11.3 Å².